The second kappa shape index (κ2) is 7.98. The zero-order chi connectivity index (χ0) is 19.5. The number of carbonyl (C=O) groups is 1. The number of amides is 1. The summed E-state index contributed by atoms with van der Waals surface area (Å²) in [6.45, 7) is 5.01. The Morgan fingerprint density at radius 3 is 2.68 bits per heavy atom. The first-order valence-electron chi connectivity index (χ1n) is 9.26. The van der Waals surface area contributed by atoms with Crippen molar-refractivity contribution in [3.8, 4) is 0 Å². The highest BCUT2D eigenvalue weighted by Gasteiger charge is 2.15. The predicted molar refractivity (Wildman–Crippen MR) is 114 cm³/mol. The van der Waals surface area contributed by atoms with E-state index in [0.29, 0.717) is 5.16 Å². The summed E-state index contributed by atoms with van der Waals surface area (Å²) in [5, 5.41) is 13.1. The quantitative estimate of drug-likeness (QED) is 0.492. The smallest absolute Gasteiger partial charge is 0.234 e. The molecule has 4 aromatic rings. The van der Waals surface area contributed by atoms with Gasteiger partial charge in [-0.2, -0.15) is 0 Å². The molecule has 142 valence electrons. The largest absolute Gasteiger partial charge is 0.325 e. The number of aromatic nitrogens is 4. The molecule has 0 saturated carbocycles. The van der Waals surface area contributed by atoms with Crippen LogP contribution in [-0.2, 0) is 11.3 Å². The molecule has 0 atom stereocenters. The number of fused-ring (bicyclic) bond motifs is 3. The molecule has 2 aromatic carbocycles. The lowest BCUT2D eigenvalue weighted by Crippen LogP contribution is -2.14. The maximum Gasteiger partial charge on any atom is 0.234 e. The first-order chi connectivity index (χ1) is 13.7. The number of aryl methyl sites for hydroxylation is 2. The van der Waals surface area contributed by atoms with Crippen molar-refractivity contribution in [2.24, 2.45) is 0 Å². The van der Waals surface area contributed by atoms with Crippen LogP contribution in [0.25, 0.3) is 22.1 Å². The molecule has 2 aromatic heterocycles. The Morgan fingerprint density at radius 1 is 1.11 bits per heavy atom. The van der Waals surface area contributed by atoms with Gasteiger partial charge in [0.25, 0.3) is 0 Å². The third-order valence-electron chi connectivity index (χ3n) is 4.47. The van der Waals surface area contributed by atoms with Gasteiger partial charge in [0.1, 0.15) is 5.52 Å². The van der Waals surface area contributed by atoms with Crippen LogP contribution in [-0.4, -0.2) is 31.4 Å². The van der Waals surface area contributed by atoms with E-state index in [0.717, 1.165) is 46.3 Å². The van der Waals surface area contributed by atoms with Crippen molar-refractivity contribution < 1.29 is 4.79 Å². The highest BCUT2D eigenvalue weighted by atomic mass is 32.2. The van der Waals surface area contributed by atoms with Crippen LogP contribution in [0.5, 0.6) is 0 Å². The average Bonchev–Trinajstić information content (AvgIpc) is 3.02. The maximum absolute atomic E-state index is 12.2. The number of anilines is 1. The number of rotatable bonds is 6. The molecule has 1 amide bonds. The van der Waals surface area contributed by atoms with Gasteiger partial charge in [0.05, 0.1) is 11.3 Å². The van der Waals surface area contributed by atoms with Gasteiger partial charge in [-0.25, -0.2) is 4.98 Å². The number of hydrogen-bond acceptors (Lipinski definition) is 5. The normalized spacial score (nSPS) is 11.2. The van der Waals surface area contributed by atoms with E-state index < -0.39 is 0 Å². The molecular formula is C21H21N5OS. The van der Waals surface area contributed by atoms with Crippen molar-refractivity contribution in [2.45, 2.75) is 32.0 Å². The molecule has 0 saturated heterocycles. The van der Waals surface area contributed by atoms with Crippen molar-refractivity contribution in [2.75, 3.05) is 11.1 Å². The number of nitrogens with one attached hydrogen (secondary N) is 1. The first kappa shape index (κ1) is 18.4. The van der Waals surface area contributed by atoms with Crippen molar-refractivity contribution in [3.63, 3.8) is 0 Å². The monoisotopic (exact) mass is 391 g/mol. The second-order valence-electron chi connectivity index (χ2n) is 6.64. The van der Waals surface area contributed by atoms with Gasteiger partial charge in [-0.3, -0.25) is 4.79 Å². The van der Waals surface area contributed by atoms with Gasteiger partial charge in [-0.05, 0) is 31.5 Å². The Bertz CT molecular complexity index is 1140. The minimum atomic E-state index is -0.0911. The van der Waals surface area contributed by atoms with Crippen molar-refractivity contribution in [1.29, 1.82) is 0 Å². The summed E-state index contributed by atoms with van der Waals surface area (Å²) in [6.07, 6.45) is 0.999. The van der Waals surface area contributed by atoms with Gasteiger partial charge in [-0.1, -0.05) is 54.6 Å². The lowest BCUT2D eigenvalue weighted by molar-refractivity contribution is -0.113. The van der Waals surface area contributed by atoms with Crippen LogP contribution in [0.4, 0.5) is 5.69 Å². The predicted octanol–water partition coefficient (Wildman–Crippen LogP) is 4.43. The van der Waals surface area contributed by atoms with Gasteiger partial charge in [-0.15, -0.1) is 10.2 Å². The van der Waals surface area contributed by atoms with Crippen LogP contribution < -0.4 is 5.32 Å². The third-order valence-corrected chi connectivity index (χ3v) is 5.31. The van der Waals surface area contributed by atoms with Crippen LogP contribution in [0.3, 0.4) is 0 Å². The molecule has 0 radical (unpaired) electrons. The number of benzene rings is 2. The summed E-state index contributed by atoms with van der Waals surface area (Å²) < 4.78 is 2.18. The topological polar surface area (TPSA) is 72.7 Å². The number of para-hydroxylation sites is 1. The van der Waals surface area contributed by atoms with E-state index in [4.69, 9.17) is 4.98 Å². The van der Waals surface area contributed by atoms with Crippen LogP contribution in [0, 0.1) is 6.92 Å². The molecule has 6 nitrogen and oxygen atoms in total. The molecule has 0 aliphatic rings. The van der Waals surface area contributed by atoms with Gasteiger partial charge >= 0.3 is 0 Å². The first-order valence-corrected chi connectivity index (χ1v) is 10.2. The fourth-order valence-electron chi connectivity index (χ4n) is 3.16. The van der Waals surface area contributed by atoms with Crippen LogP contribution >= 0.6 is 11.8 Å². The molecule has 0 fully saturated rings. The van der Waals surface area contributed by atoms with E-state index in [-0.39, 0.29) is 11.7 Å². The molecule has 0 aliphatic carbocycles. The number of hydrogen-bond donors (Lipinski definition) is 1. The number of nitrogens with zero attached hydrogens (tertiary/aromatic N) is 4. The summed E-state index contributed by atoms with van der Waals surface area (Å²) in [6, 6.07) is 15.9. The van der Waals surface area contributed by atoms with Crippen LogP contribution in [0.15, 0.2) is 53.7 Å². The Kier molecular flexibility index (Phi) is 5.25. The molecule has 0 unspecified atom stereocenters. The Hall–Kier alpha value is -2.93. The lowest BCUT2D eigenvalue weighted by Gasteiger charge is -2.06. The maximum atomic E-state index is 12.2. The van der Waals surface area contributed by atoms with E-state index >= 15 is 0 Å². The van der Waals surface area contributed by atoms with E-state index in [9.17, 15) is 4.79 Å². The molecule has 0 spiro atoms. The van der Waals surface area contributed by atoms with Crippen molar-refractivity contribution in [1.82, 2.24) is 19.7 Å². The Balaban J connectivity index is 1.54. The van der Waals surface area contributed by atoms with Gasteiger partial charge in [0.15, 0.2) is 5.65 Å². The van der Waals surface area contributed by atoms with E-state index in [1.165, 1.54) is 11.8 Å². The minimum Gasteiger partial charge on any atom is -0.325 e. The summed E-state index contributed by atoms with van der Waals surface area (Å²) in [4.78, 5) is 16.9. The van der Waals surface area contributed by atoms with Crippen LogP contribution in [0.2, 0.25) is 0 Å². The van der Waals surface area contributed by atoms with E-state index in [2.05, 4.69) is 33.1 Å². The van der Waals surface area contributed by atoms with E-state index in [1.807, 2.05) is 49.4 Å². The van der Waals surface area contributed by atoms with Gasteiger partial charge in [0.2, 0.25) is 11.1 Å². The highest BCUT2D eigenvalue weighted by Crippen LogP contribution is 2.27. The van der Waals surface area contributed by atoms with Crippen LogP contribution in [0.1, 0.15) is 18.9 Å². The number of thioether (sulfide) groups is 1. The number of carbonyl (C=O) groups excluding carboxylic acids is 1. The lowest BCUT2D eigenvalue weighted by atomic mass is 10.2. The Morgan fingerprint density at radius 2 is 1.89 bits per heavy atom. The van der Waals surface area contributed by atoms with Gasteiger partial charge in [0, 0.05) is 17.6 Å². The highest BCUT2D eigenvalue weighted by molar-refractivity contribution is 7.99. The van der Waals surface area contributed by atoms with Gasteiger partial charge < -0.3 is 9.88 Å². The molecule has 28 heavy (non-hydrogen) atoms. The summed E-state index contributed by atoms with van der Waals surface area (Å²) in [5.41, 5.74) is 4.67. The molecule has 2 heterocycles. The standard InChI is InChI=1S/C21H21N5OS/c1-3-12-26-17-7-5-4-6-16(17)19-20(26)23-21(25-24-19)28-13-18(27)22-15-10-8-14(2)9-11-15/h4-11H,3,12-13H2,1-2H3,(H,22,27). The van der Waals surface area contributed by atoms with Crippen molar-refractivity contribution >= 4 is 45.4 Å². The SMILES string of the molecule is CCCn1c2ccccc2c2nnc(SCC(=O)Nc3ccc(C)cc3)nc21. The third kappa shape index (κ3) is 3.71. The summed E-state index contributed by atoms with van der Waals surface area (Å²) in [7, 11) is 0. The molecule has 1 N–H and O–H groups in total. The molecule has 4 rings (SSSR count). The Labute approximate surface area is 167 Å². The average molecular weight is 392 g/mol. The summed E-state index contributed by atoms with van der Waals surface area (Å²) in [5.74, 6) is 0.140. The zero-order valence-corrected chi connectivity index (χ0v) is 16.7. The molecular weight excluding hydrogens is 370 g/mol. The fraction of sp³-hybridized carbons (Fsp3) is 0.238. The zero-order valence-electron chi connectivity index (χ0n) is 15.8. The molecule has 0 bridgehead atoms. The fourth-order valence-corrected chi connectivity index (χ4v) is 3.75. The minimum absolute atomic E-state index is 0.0911. The summed E-state index contributed by atoms with van der Waals surface area (Å²) >= 11 is 1.29. The molecule has 7 heteroatoms. The second-order valence-corrected chi connectivity index (χ2v) is 7.58. The molecule has 0 aliphatic heterocycles. The van der Waals surface area contributed by atoms with E-state index in [1.54, 1.807) is 0 Å². The van der Waals surface area contributed by atoms with Crippen molar-refractivity contribution in [3.05, 3.63) is 54.1 Å².